The van der Waals surface area contributed by atoms with Crippen molar-refractivity contribution < 1.29 is 29.3 Å². The molecule has 1 aromatic rings. The molecule has 0 spiro atoms. The lowest BCUT2D eigenvalue weighted by atomic mass is 9.82. The van der Waals surface area contributed by atoms with E-state index in [4.69, 9.17) is 14.9 Å². The van der Waals surface area contributed by atoms with Crippen molar-refractivity contribution in [3.8, 4) is 0 Å². The number of hydrogen-bond donors (Lipinski definition) is 2. The second-order valence-electron chi connectivity index (χ2n) is 5.93. The van der Waals surface area contributed by atoms with Crippen LogP contribution in [0.1, 0.15) is 37.5 Å². The van der Waals surface area contributed by atoms with E-state index in [1.165, 1.54) is 6.08 Å². The highest BCUT2D eigenvalue weighted by molar-refractivity contribution is 5.82. The third-order valence-corrected chi connectivity index (χ3v) is 3.56. The number of allylic oxidation sites excluding steroid dienone is 1. The van der Waals surface area contributed by atoms with Gasteiger partial charge in [0.05, 0.1) is 19.4 Å². The highest BCUT2D eigenvalue weighted by Crippen LogP contribution is 2.27. The Morgan fingerprint density at radius 2 is 1.67 bits per heavy atom. The maximum Gasteiger partial charge on any atom is 0.330 e. The Hall–Kier alpha value is -2.63. The summed E-state index contributed by atoms with van der Waals surface area (Å²) in [6.45, 7) is 5.76. The summed E-state index contributed by atoms with van der Waals surface area (Å²) in [4.78, 5) is 33.4. The van der Waals surface area contributed by atoms with Crippen molar-refractivity contribution in [2.45, 2.75) is 39.0 Å². The van der Waals surface area contributed by atoms with Crippen molar-refractivity contribution in [2.24, 2.45) is 0 Å². The Kier molecular flexibility index (Phi) is 6.70. The predicted octanol–water partition coefficient (Wildman–Crippen LogP) is 2.34. The fourth-order valence-corrected chi connectivity index (χ4v) is 2.25. The zero-order valence-electron chi connectivity index (χ0n) is 14.0. The summed E-state index contributed by atoms with van der Waals surface area (Å²) in [7, 11) is 0. The van der Waals surface area contributed by atoms with Crippen molar-refractivity contribution in [3.05, 3.63) is 47.0 Å². The normalized spacial score (nSPS) is 11.5. The van der Waals surface area contributed by atoms with E-state index in [1.807, 2.05) is 13.8 Å². The molecule has 0 heterocycles. The molecule has 0 aliphatic carbocycles. The Morgan fingerprint density at radius 3 is 2.21 bits per heavy atom. The third-order valence-electron chi connectivity index (χ3n) is 3.56. The highest BCUT2D eigenvalue weighted by Gasteiger charge is 2.20. The molecule has 24 heavy (non-hydrogen) atoms. The zero-order chi connectivity index (χ0) is 18.3. The minimum atomic E-state index is -1.03. The van der Waals surface area contributed by atoms with E-state index in [1.54, 1.807) is 31.2 Å². The van der Waals surface area contributed by atoms with Gasteiger partial charge in [-0.15, -0.1) is 0 Å². The summed E-state index contributed by atoms with van der Waals surface area (Å²) in [5.41, 5.74) is 1.18. The molecule has 0 unspecified atom stereocenters. The van der Waals surface area contributed by atoms with E-state index >= 15 is 0 Å². The van der Waals surface area contributed by atoms with Gasteiger partial charge < -0.3 is 14.9 Å². The second kappa shape index (κ2) is 8.29. The van der Waals surface area contributed by atoms with Crippen LogP contribution in [0.2, 0.25) is 0 Å². The van der Waals surface area contributed by atoms with Gasteiger partial charge in [-0.25, -0.2) is 4.79 Å². The van der Waals surface area contributed by atoms with Gasteiger partial charge in [-0.2, -0.15) is 0 Å². The molecule has 0 atom stereocenters. The largest absolute Gasteiger partial charge is 0.481 e. The number of aliphatic carboxylic acids is 2. The summed E-state index contributed by atoms with van der Waals surface area (Å²) in [6, 6.07) is 5.06. The van der Waals surface area contributed by atoms with Gasteiger partial charge in [-0.3, -0.25) is 9.59 Å². The highest BCUT2D eigenvalue weighted by atomic mass is 16.5. The first-order chi connectivity index (χ1) is 11.2. The van der Waals surface area contributed by atoms with Crippen molar-refractivity contribution in [3.63, 3.8) is 0 Å². The monoisotopic (exact) mass is 334 g/mol. The molecule has 1 aromatic carbocycles. The third kappa shape index (κ3) is 5.87. The van der Waals surface area contributed by atoms with Crippen LogP contribution in [0, 0.1) is 0 Å². The summed E-state index contributed by atoms with van der Waals surface area (Å²) in [5, 5.41) is 18.0. The number of rotatable bonds is 8. The number of esters is 1. The van der Waals surface area contributed by atoms with Gasteiger partial charge in [0.25, 0.3) is 0 Å². The number of carbonyl (C=O) groups is 3. The van der Waals surface area contributed by atoms with E-state index in [0.717, 1.165) is 5.56 Å². The SMILES string of the molecule is CCOC(=O)/C=C/C(C)(C)c1ccc(CC(=O)O)c(CC(=O)O)c1. The molecule has 2 N–H and O–H groups in total. The van der Waals surface area contributed by atoms with Crippen LogP contribution in [0.4, 0.5) is 0 Å². The zero-order valence-corrected chi connectivity index (χ0v) is 14.0. The number of ether oxygens (including phenoxy) is 1. The average molecular weight is 334 g/mol. The average Bonchev–Trinajstić information content (AvgIpc) is 2.46. The molecule has 0 bridgehead atoms. The van der Waals surface area contributed by atoms with Crippen LogP contribution in [0.5, 0.6) is 0 Å². The molecule has 130 valence electrons. The fourth-order valence-electron chi connectivity index (χ4n) is 2.25. The molecular weight excluding hydrogens is 312 g/mol. The smallest absolute Gasteiger partial charge is 0.330 e. The van der Waals surface area contributed by atoms with Gasteiger partial charge in [0.2, 0.25) is 0 Å². The van der Waals surface area contributed by atoms with E-state index in [-0.39, 0.29) is 19.4 Å². The number of benzene rings is 1. The molecule has 6 nitrogen and oxygen atoms in total. The molecule has 0 saturated heterocycles. The van der Waals surface area contributed by atoms with Gasteiger partial charge >= 0.3 is 17.9 Å². The van der Waals surface area contributed by atoms with Crippen LogP contribution in [-0.4, -0.2) is 34.7 Å². The number of carboxylic acids is 2. The fraction of sp³-hybridized carbons (Fsp3) is 0.389. The molecular formula is C18H22O6. The number of carbonyl (C=O) groups excluding carboxylic acids is 1. The van der Waals surface area contributed by atoms with Crippen molar-refractivity contribution in [1.29, 1.82) is 0 Å². The molecule has 0 aliphatic heterocycles. The standard InChI is InChI=1S/C18H22O6/c1-4-24-17(23)7-8-18(2,3)14-6-5-12(10-15(19)20)13(9-14)11-16(21)22/h5-9H,4,10-11H2,1-3H3,(H,19,20)(H,21,22)/b8-7+. The first-order valence-electron chi connectivity index (χ1n) is 7.57. The lowest BCUT2D eigenvalue weighted by molar-refractivity contribution is -0.137. The first kappa shape index (κ1) is 19.4. The predicted molar refractivity (Wildman–Crippen MR) is 87.9 cm³/mol. The van der Waals surface area contributed by atoms with E-state index in [0.29, 0.717) is 11.1 Å². The molecule has 0 radical (unpaired) electrons. The van der Waals surface area contributed by atoms with Gasteiger partial charge in [0.1, 0.15) is 0 Å². The lowest BCUT2D eigenvalue weighted by Gasteiger charge is -2.22. The molecule has 0 saturated carbocycles. The minimum Gasteiger partial charge on any atom is -0.481 e. The Bertz CT molecular complexity index is 657. The lowest BCUT2D eigenvalue weighted by Crippen LogP contribution is -2.17. The number of carboxylic acid groups (broad SMARTS) is 2. The van der Waals surface area contributed by atoms with Crippen molar-refractivity contribution in [1.82, 2.24) is 0 Å². The van der Waals surface area contributed by atoms with E-state index in [9.17, 15) is 14.4 Å². The van der Waals surface area contributed by atoms with Crippen LogP contribution < -0.4 is 0 Å². The summed E-state index contributed by atoms with van der Waals surface area (Å²) >= 11 is 0. The first-order valence-corrected chi connectivity index (χ1v) is 7.57. The topological polar surface area (TPSA) is 101 Å². The van der Waals surface area contributed by atoms with Gasteiger partial charge in [0.15, 0.2) is 0 Å². The van der Waals surface area contributed by atoms with Gasteiger partial charge in [-0.05, 0) is 23.6 Å². The van der Waals surface area contributed by atoms with Crippen LogP contribution in [0.25, 0.3) is 0 Å². The molecule has 0 aliphatic rings. The van der Waals surface area contributed by atoms with Crippen LogP contribution >= 0.6 is 0 Å². The van der Waals surface area contributed by atoms with E-state index in [2.05, 4.69) is 0 Å². The Labute approximate surface area is 140 Å². The van der Waals surface area contributed by atoms with Gasteiger partial charge in [-0.1, -0.05) is 38.1 Å². The van der Waals surface area contributed by atoms with Crippen LogP contribution in [0.3, 0.4) is 0 Å². The Balaban J connectivity index is 3.16. The van der Waals surface area contributed by atoms with Crippen LogP contribution in [0.15, 0.2) is 30.4 Å². The van der Waals surface area contributed by atoms with Crippen LogP contribution in [-0.2, 0) is 37.4 Å². The Morgan fingerprint density at radius 1 is 1.08 bits per heavy atom. The summed E-state index contributed by atoms with van der Waals surface area (Å²) < 4.78 is 4.84. The summed E-state index contributed by atoms with van der Waals surface area (Å²) in [5.74, 6) is -2.49. The maximum atomic E-state index is 11.5. The quantitative estimate of drug-likeness (QED) is 0.559. The molecule has 1 rings (SSSR count). The second-order valence-corrected chi connectivity index (χ2v) is 5.93. The minimum absolute atomic E-state index is 0.234. The molecule has 0 fully saturated rings. The van der Waals surface area contributed by atoms with Crippen molar-refractivity contribution >= 4 is 17.9 Å². The van der Waals surface area contributed by atoms with Gasteiger partial charge in [0, 0.05) is 11.5 Å². The van der Waals surface area contributed by atoms with Crippen molar-refractivity contribution in [2.75, 3.05) is 6.61 Å². The molecule has 0 aromatic heterocycles. The van der Waals surface area contributed by atoms with E-state index < -0.39 is 23.3 Å². The maximum absolute atomic E-state index is 11.5. The summed E-state index contributed by atoms with van der Waals surface area (Å²) in [6.07, 6.45) is 2.53. The molecule has 6 heteroatoms. The number of hydrogen-bond acceptors (Lipinski definition) is 4. The molecule has 0 amide bonds.